The van der Waals surface area contributed by atoms with Gasteiger partial charge in [0, 0.05) is 19.7 Å². The Morgan fingerprint density at radius 3 is 2.30 bits per heavy atom. The molecule has 4 nitrogen and oxygen atoms in total. The van der Waals surface area contributed by atoms with Crippen molar-refractivity contribution in [3.05, 3.63) is 64.7 Å². The van der Waals surface area contributed by atoms with Crippen LogP contribution in [0.25, 0.3) is 0 Å². The molecule has 0 aromatic heterocycles. The fourth-order valence-corrected chi connectivity index (χ4v) is 3.71. The predicted molar refractivity (Wildman–Crippen MR) is 94.8 cm³/mol. The summed E-state index contributed by atoms with van der Waals surface area (Å²) < 4.78 is 25.6. The van der Waals surface area contributed by atoms with Crippen LogP contribution in [0.5, 0.6) is 0 Å². The van der Waals surface area contributed by atoms with Crippen LogP contribution in [0, 0.1) is 0 Å². The molecule has 0 aliphatic carbocycles. The quantitative estimate of drug-likeness (QED) is 0.648. The predicted octanol–water partition coefficient (Wildman–Crippen LogP) is 3.44. The van der Waals surface area contributed by atoms with Crippen molar-refractivity contribution in [1.82, 2.24) is 4.31 Å². The largest absolute Gasteiger partial charge is 0.293 e. The summed E-state index contributed by atoms with van der Waals surface area (Å²) in [5.74, 6) is -0.286. The smallest absolute Gasteiger partial charge is 0.244 e. The molecule has 0 aliphatic rings. The van der Waals surface area contributed by atoms with Crippen molar-refractivity contribution < 1.29 is 13.2 Å². The average Bonchev–Trinajstić information content (AvgIpc) is 2.54. The lowest BCUT2D eigenvalue weighted by Gasteiger charge is -2.15. The number of sulfonamides is 1. The first-order valence-electron chi connectivity index (χ1n) is 6.74. The molecule has 0 saturated carbocycles. The van der Waals surface area contributed by atoms with Gasteiger partial charge < -0.3 is 0 Å². The fourth-order valence-electron chi connectivity index (χ4n) is 2.00. The third-order valence-corrected chi connectivity index (χ3v) is 6.17. The normalized spacial score (nSPS) is 13.1. The molecule has 0 N–H and O–H groups in total. The Bertz CT molecular complexity index is 820. The van der Waals surface area contributed by atoms with Gasteiger partial charge in [0.05, 0.1) is 10.3 Å². The molecule has 122 valence electrons. The van der Waals surface area contributed by atoms with Gasteiger partial charge in [0.2, 0.25) is 10.0 Å². The Morgan fingerprint density at radius 1 is 1.13 bits per heavy atom. The standard InChI is InChI=1S/C16H16ClNO3S2/c1-18(2)23(20,21)14-10-12(8-9-13(14)17)15(19)16(22)11-6-4-3-5-7-11/h3-10,16,22H,1-2H3. The van der Waals surface area contributed by atoms with E-state index in [2.05, 4.69) is 12.6 Å². The van der Waals surface area contributed by atoms with Gasteiger partial charge in [-0.05, 0) is 23.8 Å². The van der Waals surface area contributed by atoms with Crippen molar-refractivity contribution >= 4 is 40.0 Å². The minimum Gasteiger partial charge on any atom is -0.293 e. The summed E-state index contributed by atoms with van der Waals surface area (Å²) in [6, 6.07) is 13.3. The number of ketones is 1. The fraction of sp³-hybridized carbons (Fsp3) is 0.188. The van der Waals surface area contributed by atoms with E-state index in [1.807, 2.05) is 18.2 Å². The van der Waals surface area contributed by atoms with Gasteiger partial charge in [0.1, 0.15) is 4.90 Å². The monoisotopic (exact) mass is 369 g/mol. The summed E-state index contributed by atoms with van der Waals surface area (Å²) in [6.07, 6.45) is 0. The maximum atomic E-state index is 12.6. The lowest BCUT2D eigenvalue weighted by atomic mass is 10.0. The van der Waals surface area contributed by atoms with E-state index < -0.39 is 15.3 Å². The molecule has 0 saturated heterocycles. The lowest BCUT2D eigenvalue weighted by molar-refractivity contribution is 0.0990. The second-order valence-electron chi connectivity index (χ2n) is 5.11. The second-order valence-corrected chi connectivity index (χ2v) is 8.15. The molecule has 1 atom stereocenters. The van der Waals surface area contributed by atoms with Crippen molar-refractivity contribution in [1.29, 1.82) is 0 Å². The molecule has 23 heavy (non-hydrogen) atoms. The van der Waals surface area contributed by atoms with Crippen LogP contribution in [0.15, 0.2) is 53.4 Å². The van der Waals surface area contributed by atoms with Crippen LogP contribution in [-0.2, 0) is 10.0 Å². The first-order chi connectivity index (χ1) is 10.7. The molecule has 2 aromatic rings. The van der Waals surface area contributed by atoms with Gasteiger partial charge in [-0.1, -0.05) is 41.9 Å². The number of rotatable bonds is 5. The number of benzene rings is 2. The molecule has 0 amide bonds. The highest BCUT2D eigenvalue weighted by atomic mass is 35.5. The van der Waals surface area contributed by atoms with E-state index >= 15 is 0 Å². The van der Waals surface area contributed by atoms with Gasteiger partial charge in [-0.3, -0.25) is 4.79 Å². The highest BCUT2D eigenvalue weighted by molar-refractivity contribution is 7.89. The molecular formula is C16H16ClNO3S2. The number of hydrogen-bond donors (Lipinski definition) is 1. The van der Waals surface area contributed by atoms with Gasteiger partial charge in [-0.2, -0.15) is 12.6 Å². The van der Waals surface area contributed by atoms with E-state index in [1.165, 1.54) is 32.3 Å². The molecule has 0 fully saturated rings. The van der Waals surface area contributed by atoms with Crippen molar-refractivity contribution in [2.75, 3.05) is 14.1 Å². The summed E-state index contributed by atoms with van der Waals surface area (Å²) in [4.78, 5) is 12.5. The summed E-state index contributed by atoms with van der Waals surface area (Å²) in [5.41, 5.74) is 0.992. The summed E-state index contributed by atoms with van der Waals surface area (Å²) in [6.45, 7) is 0. The van der Waals surface area contributed by atoms with Crippen LogP contribution in [0.3, 0.4) is 0 Å². The zero-order chi connectivity index (χ0) is 17.2. The van der Waals surface area contributed by atoms with E-state index in [1.54, 1.807) is 12.1 Å². The van der Waals surface area contributed by atoms with Crippen LogP contribution in [0.4, 0.5) is 0 Å². The Labute approximate surface area is 146 Å². The van der Waals surface area contributed by atoms with E-state index in [0.717, 1.165) is 9.87 Å². The first-order valence-corrected chi connectivity index (χ1v) is 9.08. The van der Waals surface area contributed by atoms with Gasteiger partial charge in [0.15, 0.2) is 5.78 Å². The van der Waals surface area contributed by atoms with Crippen LogP contribution < -0.4 is 0 Å². The van der Waals surface area contributed by atoms with Crippen LogP contribution >= 0.6 is 24.2 Å². The van der Waals surface area contributed by atoms with Crippen LogP contribution in [-0.4, -0.2) is 32.6 Å². The minimum absolute atomic E-state index is 0.0747. The van der Waals surface area contributed by atoms with Gasteiger partial charge in [0.25, 0.3) is 0 Å². The number of hydrogen-bond acceptors (Lipinski definition) is 4. The maximum absolute atomic E-state index is 12.6. The third kappa shape index (κ3) is 3.77. The van der Waals surface area contributed by atoms with Crippen LogP contribution in [0.1, 0.15) is 21.2 Å². The first kappa shape index (κ1) is 18.0. The molecule has 0 heterocycles. The SMILES string of the molecule is CN(C)S(=O)(=O)c1cc(C(=O)C(S)c2ccccc2)ccc1Cl. The zero-order valence-electron chi connectivity index (χ0n) is 12.6. The average molecular weight is 370 g/mol. The summed E-state index contributed by atoms with van der Waals surface area (Å²) in [5, 5.41) is -0.599. The van der Waals surface area contributed by atoms with Crippen molar-refractivity contribution in [2.45, 2.75) is 10.1 Å². The number of thiol groups is 1. The van der Waals surface area contributed by atoms with Crippen molar-refractivity contribution in [3.8, 4) is 0 Å². The number of Topliss-reactive ketones (excluding diaryl/α,β-unsaturated/α-hetero) is 1. The second kappa shape index (κ2) is 7.05. The van der Waals surface area contributed by atoms with Gasteiger partial charge in [-0.25, -0.2) is 12.7 Å². The molecule has 0 aliphatic heterocycles. The Hall–Kier alpha value is -1.34. The number of carbonyl (C=O) groups is 1. The molecule has 1 unspecified atom stereocenters. The van der Waals surface area contributed by atoms with Crippen LogP contribution in [0.2, 0.25) is 5.02 Å². The lowest BCUT2D eigenvalue weighted by Crippen LogP contribution is -2.23. The van der Waals surface area contributed by atoms with Gasteiger partial charge in [-0.15, -0.1) is 0 Å². The molecule has 7 heteroatoms. The Balaban J connectivity index is 2.44. The Morgan fingerprint density at radius 2 is 1.74 bits per heavy atom. The summed E-state index contributed by atoms with van der Waals surface area (Å²) in [7, 11) is -0.913. The van der Waals surface area contributed by atoms with Crippen molar-refractivity contribution in [2.24, 2.45) is 0 Å². The maximum Gasteiger partial charge on any atom is 0.244 e. The third-order valence-electron chi connectivity index (χ3n) is 3.34. The highest BCUT2D eigenvalue weighted by Gasteiger charge is 2.24. The van der Waals surface area contributed by atoms with E-state index in [4.69, 9.17) is 11.6 Å². The van der Waals surface area contributed by atoms with E-state index in [9.17, 15) is 13.2 Å². The van der Waals surface area contributed by atoms with E-state index in [-0.39, 0.29) is 21.3 Å². The molecule has 2 aromatic carbocycles. The molecule has 0 bridgehead atoms. The number of nitrogens with zero attached hydrogens (tertiary/aromatic N) is 1. The number of carbonyl (C=O) groups excluding carboxylic acids is 1. The summed E-state index contributed by atoms with van der Waals surface area (Å²) >= 11 is 10.3. The van der Waals surface area contributed by atoms with E-state index in [0.29, 0.717) is 0 Å². The zero-order valence-corrected chi connectivity index (χ0v) is 15.1. The molecule has 2 rings (SSSR count). The minimum atomic E-state index is -3.73. The molecular weight excluding hydrogens is 354 g/mol. The van der Waals surface area contributed by atoms with Gasteiger partial charge >= 0.3 is 0 Å². The molecule has 0 spiro atoms. The van der Waals surface area contributed by atoms with Crippen molar-refractivity contribution in [3.63, 3.8) is 0 Å². The highest BCUT2D eigenvalue weighted by Crippen LogP contribution is 2.29. The Kier molecular flexibility index (Phi) is 5.52. The number of halogens is 1. The topological polar surface area (TPSA) is 54.5 Å². The molecule has 0 radical (unpaired) electrons.